The van der Waals surface area contributed by atoms with Gasteiger partial charge >= 0.3 is 0 Å². The van der Waals surface area contributed by atoms with Crippen LogP contribution in [-0.2, 0) is 10.5 Å². The molecule has 8 heteroatoms. The third-order valence-corrected chi connectivity index (χ3v) is 3.70. The number of primary amides is 1. The van der Waals surface area contributed by atoms with Gasteiger partial charge in [-0.1, -0.05) is 5.92 Å². The first-order valence-electron chi connectivity index (χ1n) is 6.57. The van der Waals surface area contributed by atoms with Crippen LogP contribution in [0.5, 0.6) is 0 Å². The highest BCUT2D eigenvalue weighted by atomic mass is 32.2. The standard InChI is InChI=1S/C14H18N6OS/c1-3-4-17-14(11(7-15)13(16)21)18-5-6-22-8-12-10(2)19-9-20-12/h1,9,11H,4-6,8H2,2H3,(H2,16,21)(H,17,18)(H,19,20). The van der Waals surface area contributed by atoms with Gasteiger partial charge in [-0.25, -0.2) is 4.98 Å². The number of aromatic amines is 1. The number of carbonyl (C=O) groups is 1. The summed E-state index contributed by atoms with van der Waals surface area (Å²) in [5.41, 5.74) is 7.23. The number of rotatable bonds is 8. The first kappa shape index (κ1) is 17.6. The summed E-state index contributed by atoms with van der Waals surface area (Å²) < 4.78 is 0. The molecule has 0 aromatic carbocycles. The van der Waals surface area contributed by atoms with E-state index < -0.39 is 11.8 Å². The van der Waals surface area contributed by atoms with Gasteiger partial charge in [0, 0.05) is 17.2 Å². The van der Waals surface area contributed by atoms with E-state index in [4.69, 9.17) is 17.4 Å². The molecule has 0 spiro atoms. The molecule has 22 heavy (non-hydrogen) atoms. The SMILES string of the molecule is C#CCNC(=NCCSCc1nc[nH]c1C)C(C#N)C(N)=O. The highest BCUT2D eigenvalue weighted by Crippen LogP contribution is 2.12. The van der Waals surface area contributed by atoms with Crippen LogP contribution in [0.15, 0.2) is 11.3 Å². The van der Waals surface area contributed by atoms with Crippen LogP contribution >= 0.6 is 11.8 Å². The number of amides is 1. The number of aromatic nitrogens is 2. The Kier molecular flexibility index (Phi) is 7.58. The molecule has 0 aliphatic heterocycles. The molecule has 1 aromatic heterocycles. The smallest absolute Gasteiger partial charge is 0.242 e. The van der Waals surface area contributed by atoms with Gasteiger partial charge in [-0.05, 0) is 6.92 Å². The molecule has 4 N–H and O–H groups in total. The van der Waals surface area contributed by atoms with Gasteiger partial charge in [0.25, 0.3) is 0 Å². The number of amidine groups is 1. The average molecular weight is 318 g/mol. The number of H-pyrrole nitrogens is 1. The molecule has 7 nitrogen and oxygen atoms in total. The lowest BCUT2D eigenvalue weighted by Crippen LogP contribution is -2.38. The summed E-state index contributed by atoms with van der Waals surface area (Å²) in [6, 6.07) is 1.82. The largest absolute Gasteiger partial charge is 0.368 e. The number of nitrogens with two attached hydrogens (primary N) is 1. The minimum atomic E-state index is -1.10. The van der Waals surface area contributed by atoms with E-state index in [1.807, 2.05) is 13.0 Å². The molecular weight excluding hydrogens is 300 g/mol. The van der Waals surface area contributed by atoms with Crippen LogP contribution in [0.4, 0.5) is 0 Å². The lowest BCUT2D eigenvalue weighted by atomic mass is 10.1. The summed E-state index contributed by atoms with van der Waals surface area (Å²) in [5.74, 6) is 2.25. The van der Waals surface area contributed by atoms with Crippen molar-refractivity contribution in [2.45, 2.75) is 12.7 Å². The van der Waals surface area contributed by atoms with Gasteiger partial charge in [0.05, 0.1) is 31.2 Å². The van der Waals surface area contributed by atoms with Gasteiger partial charge in [-0.15, -0.1) is 6.42 Å². The predicted molar refractivity (Wildman–Crippen MR) is 86.9 cm³/mol. The van der Waals surface area contributed by atoms with E-state index in [1.54, 1.807) is 18.1 Å². The van der Waals surface area contributed by atoms with Crippen LogP contribution in [0, 0.1) is 36.5 Å². The fourth-order valence-electron chi connectivity index (χ4n) is 1.58. The molecule has 0 bridgehead atoms. The minimum Gasteiger partial charge on any atom is -0.368 e. The molecular formula is C14H18N6OS. The van der Waals surface area contributed by atoms with Crippen molar-refractivity contribution in [2.24, 2.45) is 16.6 Å². The number of terminal acetylenes is 1. The van der Waals surface area contributed by atoms with Gasteiger partial charge in [0.2, 0.25) is 5.91 Å². The Hall–Kier alpha value is -2.45. The Bertz CT molecular complexity index is 610. The fourth-order valence-corrected chi connectivity index (χ4v) is 2.43. The van der Waals surface area contributed by atoms with E-state index in [9.17, 15) is 4.79 Å². The van der Waals surface area contributed by atoms with Crippen molar-refractivity contribution in [3.05, 3.63) is 17.7 Å². The number of hydrogen-bond acceptors (Lipinski definition) is 5. The average Bonchev–Trinajstić information content (AvgIpc) is 2.89. The maximum atomic E-state index is 11.2. The van der Waals surface area contributed by atoms with Crippen molar-refractivity contribution in [3.8, 4) is 18.4 Å². The van der Waals surface area contributed by atoms with Crippen molar-refractivity contribution in [1.29, 1.82) is 5.26 Å². The number of carbonyl (C=O) groups excluding carboxylic acids is 1. The van der Waals surface area contributed by atoms with Crippen LogP contribution in [0.1, 0.15) is 11.4 Å². The summed E-state index contributed by atoms with van der Waals surface area (Å²) in [4.78, 5) is 22.7. The number of hydrogen-bond donors (Lipinski definition) is 3. The van der Waals surface area contributed by atoms with Gasteiger partial charge in [-0.2, -0.15) is 17.0 Å². The number of nitriles is 1. The number of aryl methyl sites for hydroxylation is 1. The molecule has 1 atom stereocenters. The molecule has 1 rings (SSSR count). The van der Waals surface area contributed by atoms with Crippen molar-refractivity contribution < 1.29 is 4.79 Å². The first-order chi connectivity index (χ1) is 10.6. The second kappa shape index (κ2) is 9.48. The molecule has 0 aliphatic rings. The van der Waals surface area contributed by atoms with Crippen molar-refractivity contribution in [1.82, 2.24) is 15.3 Å². The Morgan fingerprint density at radius 1 is 1.73 bits per heavy atom. The minimum absolute atomic E-state index is 0.184. The van der Waals surface area contributed by atoms with Gasteiger partial charge in [-0.3, -0.25) is 9.79 Å². The zero-order valence-corrected chi connectivity index (χ0v) is 13.1. The van der Waals surface area contributed by atoms with Gasteiger partial charge < -0.3 is 16.0 Å². The monoisotopic (exact) mass is 318 g/mol. The number of nitrogens with zero attached hydrogens (tertiary/aromatic N) is 3. The van der Waals surface area contributed by atoms with Gasteiger partial charge in [0.15, 0.2) is 5.92 Å². The number of aliphatic imine (C=N–C) groups is 1. The zero-order chi connectivity index (χ0) is 16.4. The van der Waals surface area contributed by atoms with Crippen molar-refractivity contribution in [2.75, 3.05) is 18.8 Å². The Morgan fingerprint density at radius 3 is 3.05 bits per heavy atom. The van der Waals surface area contributed by atoms with Crippen LogP contribution in [-0.4, -0.2) is 40.6 Å². The van der Waals surface area contributed by atoms with Crippen molar-refractivity contribution in [3.63, 3.8) is 0 Å². The third kappa shape index (κ3) is 5.51. The topological polar surface area (TPSA) is 120 Å². The lowest BCUT2D eigenvalue weighted by Gasteiger charge is -2.10. The molecule has 1 heterocycles. The summed E-state index contributed by atoms with van der Waals surface area (Å²) in [6.07, 6.45) is 6.82. The molecule has 1 aromatic rings. The summed E-state index contributed by atoms with van der Waals surface area (Å²) in [5, 5.41) is 11.8. The fraction of sp³-hybridized carbons (Fsp3) is 0.429. The zero-order valence-electron chi connectivity index (χ0n) is 12.3. The Balaban J connectivity index is 2.51. The van der Waals surface area contributed by atoms with Gasteiger partial charge in [0.1, 0.15) is 5.84 Å². The van der Waals surface area contributed by atoms with Crippen LogP contribution in [0.2, 0.25) is 0 Å². The van der Waals surface area contributed by atoms with E-state index in [2.05, 4.69) is 26.2 Å². The quantitative estimate of drug-likeness (QED) is 0.274. The molecule has 0 saturated carbocycles. The van der Waals surface area contributed by atoms with E-state index in [-0.39, 0.29) is 12.4 Å². The molecule has 1 amide bonds. The first-order valence-corrected chi connectivity index (χ1v) is 7.72. The molecule has 0 radical (unpaired) electrons. The summed E-state index contributed by atoms with van der Waals surface area (Å²) in [7, 11) is 0. The second-order valence-corrected chi connectivity index (χ2v) is 5.42. The van der Waals surface area contributed by atoms with E-state index in [0.717, 1.165) is 22.9 Å². The predicted octanol–water partition coefficient (Wildman–Crippen LogP) is 0.198. The lowest BCUT2D eigenvalue weighted by molar-refractivity contribution is -0.118. The van der Waals surface area contributed by atoms with E-state index in [0.29, 0.717) is 6.54 Å². The Labute approximate surface area is 133 Å². The van der Waals surface area contributed by atoms with Crippen LogP contribution in [0.3, 0.4) is 0 Å². The number of imidazole rings is 1. The summed E-state index contributed by atoms with van der Waals surface area (Å²) in [6.45, 7) is 2.60. The number of thioether (sulfide) groups is 1. The highest BCUT2D eigenvalue weighted by molar-refractivity contribution is 7.98. The second-order valence-electron chi connectivity index (χ2n) is 4.32. The molecule has 0 fully saturated rings. The maximum Gasteiger partial charge on any atom is 0.242 e. The maximum absolute atomic E-state index is 11.2. The number of nitrogens with one attached hydrogen (secondary N) is 2. The normalized spacial score (nSPS) is 12.2. The highest BCUT2D eigenvalue weighted by Gasteiger charge is 2.21. The molecule has 116 valence electrons. The summed E-state index contributed by atoms with van der Waals surface area (Å²) >= 11 is 1.66. The molecule has 0 aliphatic carbocycles. The van der Waals surface area contributed by atoms with Crippen LogP contribution < -0.4 is 11.1 Å². The van der Waals surface area contributed by atoms with Crippen LogP contribution in [0.25, 0.3) is 0 Å². The molecule has 0 saturated heterocycles. The van der Waals surface area contributed by atoms with E-state index >= 15 is 0 Å². The van der Waals surface area contributed by atoms with E-state index in [1.165, 1.54) is 0 Å². The van der Waals surface area contributed by atoms with Crippen molar-refractivity contribution >= 4 is 23.5 Å². The molecule has 1 unspecified atom stereocenters. The Morgan fingerprint density at radius 2 is 2.50 bits per heavy atom. The third-order valence-electron chi connectivity index (χ3n) is 2.75.